The first-order chi connectivity index (χ1) is 7.36. The van der Waals surface area contributed by atoms with E-state index < -0.39 is 0 Å². The van der Waals surface area contributed by atoms with Crippen molar-refractivity contribution in [3.8, 4) is 0 Å². The second-order valence-corrected chi connectivity index (χ2v) is 3.62. The van der Waals surface area contributed by atoms with Gasteiger partial charge in [0.15, 0.2) is 5.82 Å². The van der Waals surface area contributed by atoms with Crippen LogP contribution >= 0.6 is 0 Å². The molecule has 1 fully saturated rings. The minimum Gasteiger partial charge on any atom is -0.295 e. The molecule has 0 unspecified atom stereocenters. The number of anilines is 1. The predicted molar refractivity (Wildman–Crippen MR) is 55.5 cm³/mol. The van der Waals surface area contributed by atoms with Crippen molar-refractivity contribution < 1.29 is 4.79 Å². The van der Waals surface area contributed by atoms with Crippen LogP contribution in [0.3, 0.4) is 0 Å². The zero-order chi connectivity index (χ0) is 10.3. The molecule has 2 aromatic rings. The lowest BCUT2D eigenvalue weighted by Crippen LogP contribution is -2.24. The molecule has 5 heteroatoms. The summed E-state index contributed by atoms with van der Waals surface area (Å²) in [6, 6.07) is 1.87. The summed E-state index contributed by atoms with van der Waals surface area (Å²) < 4.78 is 0. The standard InChI is InChI=1S/C10H10N4O/c15-9-2-1-5-14(9)10-7-3-4-11-6-8(7)12-13-10/h3-4,6H,1-2,5H2,(H,12,13). The van der Waals surface area contributed by atoms with Gasteiger partial charge in [-0.05, 0) is 12.5 Å². The fourth-order valence-electron chi connectivity index (χ4n) is 1.93. The lowest BCUT2D eigenvalue weighted by atomic mass is 10.3. The van der Waals surface area contributed by atoms with Crippen LogP contribution < -0.4 is 4.90 Å². The molecule has 1 aliphatic heterocycles. The van der Waals surface area contributed by atoms with Gasteiger partial charge in [0.05, 0.1) is 11.7 Å². The molecule has 0 radical (unpaired) electrons. The number of hydrogen-bond donors (Lipinski definition) is 1. The summed E-state index contributed by atoms with van der Waals surface area (Å²) >= 11 is 0. The molecular formula is C10H10N4O. The summed E-state index contributed by atoms with van der Waals surface area (Å²) in [5.41, 5.74) is 0.868. The largest absolute Gasteiger partial charge is 0.295 e. The Morgan fingerprint density at radius 3 is 3.20 bits per heavy atom. The summed E-state index contributed by atoms with van der Waals surface area (Å²) in [4.78, 5) is 17.3. The third-order valence-corrected chi connectivity index (χ3v) is 2.67. The third kappa shape index (κ3) is 1.20. The topological polar surface area (TPSA) is 61.9 Å². The Hall–Kier alpha value is -1.91. The number of aromatic amines is 1. The van der Waals surface area contributed by atoms with Crippen LogP contribution in [0.5, 0.6) is 0 Å². The Morgan fingerprint density at radius 2 is 2.40 bits per heavy atom. The molecule has 15 heavy (non-hydrogen) atoms. The number of nitrogens with one attached hydrogen (secondary N) is 1. The highest BCUT2D eigenvalue weighted by atomic mass is 16.2. The van der Waals surface area contributed by atoms with E-state index in [0.29, 0.717) is 6.42 Å². The zero-order valence-electron chi connectivity index (χ0n) is 8.10. The summed E-state index contributed by atoms with van der Waals surface area (Å²) in [7, 11) is 0. The molecule has 0 atom stereocenters. The van der Waals surface area contributed by atoms with Gasteiger partial charge in [0.25, 0.3) is 0 Å². The average molecular weight is 202 g/mol. The van der Waals surface area contributed by atoms with Crippen LogP contribution in [0.1, 0.15) is 12.8 Å². The molecule has 2 aromatic heterocycles. The summed E-state index contributed by atoms with van der Waals surface area (Å²) in [6.45, 7) is 0.765. The van der Waals surface area contributed by atoms with E-state index >= 15 is 0 Å². The van der Waals surface area contributed by atoms with Gasteiger partial charge in [-0.1, -0.05) is 0 Å². The molecule has 0 aromatic carbocycles. The number of rotatable bonds is 1. The number of hydrogen-bond acceptors (Lipinski definition) is 3. The summed E-state index contributed by atoms with van der Waals surface area (Å²) in [5.74, 6) is 0.884. The summed E-state index contributed by atoms with van der Waals surface area (Å²) in [5, 5.41) is 8.01. The van der Waals surface area contributed by atoms with E-state index in [4.69, 9.17) is 0 Å². The van der Waals surface area contributed by atoms with E-state index in [0.717, 1.165) is 29.7 Å². The first kappa shape index (κ1) is 8.40. The number of fused-ring (bicyclic) bond motifs is 1. The van der Waals surface area contributed by atoms with Crippen LogP contribution in [0.25, 0.3) is 10.9 Å². The molecule has 1 saturated heterocycles. The molecule has 3 rings (SSSR count). The lowest BCUT2D eigenvalue weighted by Gasteiger charge is -2.11. The van der Waals surface area contributed by atoms with Crippen molar-refractivity contribution in [2.24, 2.45) is 0 Å². The zero-order valence-corrected chi connectivity index (χ0v) is 8.10. The quantitative estimate of drug-likeness (QED) is 0.752. The lowest BCUT2D eigenvalue weighted by molar-refractivity contribution is -0.117. The van der Waals surface area contributed by atoms with Crippen LogP contribution in [0.4, 0.5) is 5.82 Å². The number of amides is 1. The molecule has 1 aliphatic rings. The average Bonchev–Trinajstić information content (AvgIpc) is 2.83. The second kappa shape index (κ2) is 3.05. The van der Waals surface area contributed by atoms with Gasteiger partial charge < -0.3 is 0 Å². The van der Waals surface area contributed by atoms with Gasteiger partial charge >= 0.3 is 0 Å². The van der Waals surface area contributed by atoms with Crippen LogP contribution in [-0.4, -0.2) is 27.6 Å². The number of aromatic nitrogens is 3. The Kier molecular flexibility index (Phi) is 1.71. The first-order valence-corrected chi connectivity index (χ1v) is 4.95. The highest BCUT2D eigenvalue weighted by molar-refractivity contribution is 6.02. The van der Waals surface area contributed by atoms with E-state index in [2.05, 4.69) is 15.2 Å². The van der Waals surface area contributed by atoms with Gasteiger partial charge in [0.1, 0.15) is 0 Å². The first-order valence-electron chi connectivity index (χ1n) is 4.95. The van der Waals surface area contributed by atoms with Crippen molar-refractivity contribution in [2.75, 3.05) is 11.4 Å². The monoisotopic (exact) mass is 202 g/mol. The highest BCUT2D eigenvalue weighted by Gasteiger charge is 2.25. The highest BCUT2D eigenvalue weighted by Crippen LogP contribution is 2.26. The van der Waals surface area contributed by atoms with Gasteiger partial charge in [0, 0.05) is 24.5 Å². The smallest absolute Gasteiger partial charge is 0.228 e. The van der Waals surface area contributed by atoms with E-state index in [1.165, 1.54) is 0 Å². The van der Waals surface area contributed by atoms with Crippen molar-refractivity contribution in [1.29, 1.82) is 0 Å². The number of carbonyl (C=O) groups excluding carboxylic acids is 1. The number of nitrogens with zero attached hydrogens (tertiary/aromatic N) is 3. The SMILES string of the molecule is O=C1CCCN1c1n[nH]c2cnccc12. The number of H-pyrrole nitrogens is 1. The van der Waals surface area contributed by atoms with E-state index in [1.807, 2.05) is 6.07 Å². The Bertz CT molecular complexity index is 519. The fourth-order valence-corrected chi connectivity index (χ4v) is 1.93. The minimum absolute atomic E-state index is 0.153. The van der Waals surface area contributed by atoms with Gasteiger partial charge in [-0.15, -0.1) is 0 Å². The maximum Gasteiger partial charge on any atom is 0.228 e. The minimum atomic E-state index is 0.153. The van der Waals surface area contributed by atoms with Crippen LogP contribution in [0, 0.1) is 0 Å². The molecule has 0 spiro atoms. The third-order valence-electron chi connectivity index (χ3n) is 2.67. The maximum atomic E-state index is 11.6. The van der Waals surface area contributed by atoms with Gasteiger partial charge in [-0.25, -0.2) is 0 Å². The molecule has 1 amide bonds. The van der Waals surface area contributed by atoms with E-state index in [9.17, 15) is 4.79 Å². The normalized spacial score (nSPS) is 16.5. The molecule has 0 aliphatic carbocycles. The molecule has 0 bridgehead atoms. The van der Waals surface area contributed by atoms with Crippen LogP contribution in [-0.2, 0) is 4.79 Å². The molecule has 0 saturated carbocycles. The van der Waals surface area contributed by atoms with Crippen LogP contribution in [0.2, 0.25) is 0 Å². The molecule has 3 heterocycles. The van der Waals surface area contributed by atoms with E-state index in [1.54, 1.807) is 17.3 Å². The van der Waals surface area contributed by atoms with Crippen molar-refractivity contribution in [3.63, 3.8) is 0 Å². The molecule has 1 N–H and O–H groups in total. The predicted octanol–water partition coefficient (Wildman–Crippen LogP) is 1.08. The Morgan fingerprint density at radius 1 is 1.47 bits per heavy atom. The van der Waals surface area contributed by atoms with E-state index in [-0.39, 0.29) is 5.91 Å². The van der Waals surface area contributed by atoms with Crippen molar-refractivity contribution in [3.05, 3.63) is 18.5 Å². The molecule has 76 valence electrons. The number of pyridine rings is 1. The van der Waals surface area contributed by atoms with Gasteiger partial charge in [-0.3, -0.25) is 19.8 Å². The maximum absolute atomic E-state index is 11.6. The fraction of sp³-hybridized carbons (Fsp3) is 0.300. The Labute approximate surface area is 86.1 Å². The van der Waals surface area contributed by atoms with Crippen molar-refractivity contribution >= 4 is 22.6 Å². The van der Waals surface area contributed by atoms with Crippen LogP contribution in [0.15, 0.2) is 18.5 Å². The Balaban J connectivity index is 2.14. The second-order valence-electron chi connectivity index (χ2n) is 3.62. The number of carbonyl (C=O) groups is 1. The van der Waals surface area contributed by atoms with Gasteiger partial charge in [0.2, 0.25) is 5.91 Å². The van der Waals surface area contributed by atoms with Crippen molar-refractivity contribution in [1.82, 2.24) is 15.2 Å². The molecular weight excluding hydrogens is 192 g/mol. The van der Waals surface area contributed by atoms with Gasteiger partial charge in [-0.2, -0.15) is 5.10 Å². The van der Waals surface area contributed by atoms with Crippen molar-refractivity contribution in [2.45, 2.75) is 12.8 Å². The molecule has 5 nitrogen and oxygen atoms in total. The summed E-state index contributed by atoms with van der Waals surface area (Å²) in [6.07, 6.45) is 4.96.